The summed E-state index contributed by atoms with van der Waals surface area (Å²) in [6.07, 6.45) is 8.85. The van der Waals surface area contributed by atoms with E-state index in [1.54, 1.807) is 0 Å². The first kappa shape index (κ1) is 15.7. The normalized spacial score (nSPS) is 18.4. The van der Waals surface area contributed by atoms with Crippen LogP contribution in [-0.4, -0.2) is 16.0 Å². The molecule has 4 nitrogen and oxygen atoms in total. The van der Waals surface area contributed by atoms with Gasteiger partial charge in [0.2, 0.25) is 5.95 Å². The Balaban J connectivity index is 1.56. The second-order valence-electron chi connectivity index (χ2n) is 6.89. The van der Waals surface area contributed by atoms with Gasteiger partial charge in [-0.3, -0.25) is 0 Å². The van der Waals surface area contributed by atoms with Gasteiger partial charge in [-0.05, 0) is 43.9 Å². The Morgan fingerprint density at radius 3 is 2.54 bits per heavy atom. The fourth-order valence-electron chi connectivity index (χ4n) is 3.33. The molecule has 2 aliphatic rings. The lowest BCUT2D eigenvalue weighted by Gasteiger charge is -2.23. The number of aromatic nitrogens is 2. The van der Waals surface area contributed by atoms with Crippen LogP contribution in [0, 0.1) is 0 Å². The van der Waals surface area contributed by atoms with Gasteiger partial charge in [0.05, 0.1) is 5.69 Å². The zero-order valence-corrected chi connectivity index (χ0v) is 14.5. The molecule has 2 N–H and O–H groups in total. The largest absolute Gasteiger partial charge is 0.351 e. The number of hydrogen-bond acceptors (Lipinski definition) is 4. The van der Waals surface area contributed by atoms with Gasteiger partial charge in [-0.15, -0.1) is 0 Å². The zero-order valence-electron chi connectivity index (χ0n) is 13.8. The highest BCUT2D eigenvalue weighted by atomic mass is 35.5. The van der Waals surface area contributed by atoms with Crippen LogP contribution in [0.4, 0.5) is 17.5 Å². The molecule has 126 valence electrons. The lowest BCUT2D eigenvalue weighted by atomic mass is 9.96. The molecule has 0 bridgehead atoms. The number of nitrogens with zero attached hydrogens (tertiary/aromatic N) is 2. The van der Waals surface area contributed by atoms with E-state index in [4.69, 9.17) is 16.6 Å². The third-order valence-corrected chi connectivity index (χ3v) is 5.01. The quantitative estimate of drug-likeness (QED) is 0.753. The molecular formula is C19H23ClN4. The third kappa shape index (κ3) is 3.99. The van der Waals surface area contributed by atoms with Crippen LogP contribution >= 0.6 is 11.6 Å². The van der Waals surface area contributed by atoms with Crippen molar-refractivity contribution in [3.8, 4) is 0 Å². The minimum atomic E-state index is 0.507. The van der Waals surface area contributed by atoms with E-state index in [0.717, 1.165) is 28.2 Å². The molecule has 4 rings (SSSR count). The van der Waals surface area contributed by atoms with Crippen molar-refractivity contribution in [3.63, 3.8) is 0 Å². The van der Waals surface area contributed by atoms with Crippen LogP contribution in [0.2, 0.25) is 5.02 Å². The van der Waals surface area contributed by atoms with Crippen molar-refractivity contribution >= 4 is 29.1 Å². The molecular weight excluding hydrogens is 320 g/mol. The Labute approximate surface area is 148 Å². The second-order valence-corrected chi connectivity index (χ2v) is 7.33. The van der Waals surface area contributed by atoms with Crippen LogP contribution in [0.5, 0.6) is 0 Å². The summed E-state index contributed by atoms with van der Waals surface area (Å²) in [7, 11) is 0. The van der Waals surface area contributed by atoms with Gasteiger partial charge in [0.1, 0.15) is 5.82 Å². The average Bonchev–Trinajstić information content (AvgIpc) is 3.40. The van der Waals surface area contributed by atoms with Crippen molar-refractivity contribution in [3.05, 3.63) is 41.0 Å². The number of anilines is 3. The highest BCUT2D eigenvalue weighted by Crippen LogP contribution is 2.40. The second kappa shape index (κ2) is 6.98. The smallest absolute Gasteiger partial charge is 0.225 e. The lowest BCUT2D eigenvalue weighted by Crippen LogP contribution is -2.23. The van der Waals surface area contributed by atoms with Crippen molar-refractivity contribution < 1.29 is 0 Å². The van der Waals surface area contributed by atoms with Crippen LogP contribution in [0.15, 0.2) is 30.3 Å². The Hall–Kier alpha value is -1.81. The number of benzene rings is 1. The van der Waals surface area contributed by atoms with E-state index in [1.807, 2.05) is 24.3 Å². The zero-order chi connectivity index (χ0) is 16.4. The Bertz CT molecular complexity index is 708. The fraction of sp³-hybridized carbons (Fsp3) is 0.474. The van der Waals surface area contributed by atoms with Crippen molar-refractivity contribution in [1.29, 1.82) is 0 Å². The summed E-state index contributed by atoms with van der Waals surface area (Å²) < 4.78 is 0. The van der Waals surface area contributed by atoms with E-state index < -0.39 is 0 Å². The minimum Gasteiger partial charge on any atom is -0.351 e. The van der Waals surface area contributed by atoms with Crippen molar-refractivity contribution in [1.82, 2.24) is 9.97 Å². The molecule has 0 unspecified atom stereocenters. The summed E-state index contributed by atoms with van der Waals surface area (Å²) in [6.45, 7) is 0. The van der Waals surface area contributed by atoms with Gasteiger partial charge >= 0.3 is 0 Å². The summed E-state index contributed by atoms with van der Waals surface area (Å²) >= 11 is 6.08. The summed E-state index contributed by atoms with van der Waals surface area (Å²) in [6, 6.07) is 10.3. The molecule has 0 spiro atoms. The Morgan fingerprint density at radius 2 is 1.79 bits per heavy atom. The summed E-state index contributed by atoms with van der Waals surface area (Å²) in [5, 5.41) is 7.64. The molecule has 0 amide bonds. The molecule has 5 heteroatoms. The molecule has 2 saturated carbocycles. The summed E-state index contributed by atoms with van der Waals surface area (Å²) in [5.74, 6) is 2.20. The van der Waals surface area contributed by atoms with Crippen LogP contribution in [0.1, 0.15) is 56.6 Å². The summed E-state index contributed by atoms with van der Waals surface area (Å²) in [4.78, 5) is 9.45. The fourth-order valence-corrected chi connectivity index (χ4v) is 3.52. The Kier molecular flexibility index (Phi) is 4.56. The highest BCUT2D eigenvalue weighted by Gasteiger charge is 2.26. The standard InChI is InChI=1S/C19H23ClN4/c20-14-5-4-8-16(11-14)21-18-12-17(13-9-10-13)23-19(24-18)22-15-6-2-1-3-7-15/h4-5,8,11-13,15H,1-3,6-7,9-10H2,(H2,21,22,23,24). The van der Waals surface area contributed by atoms with Gasteiger partial charge in [0, 0.05) is 28.7 Å². The van der Waals surface area contributed by atoms with E-state index in [0.29, 0.717) is 12.0 Å². The molecule has 1 aromatic carbocycles. The highest BCUT2D eigenvalue weighted by molar-refractivity contribution is 6.30. The predicted octanol–water partition coefficient (Wildman–Crippen LogP) is 5.50. The first-order chi connectivity index (χ1) is 11.8. The molecule has 1 heterocycles. The van der Waals surface area contributed by atoms with Crippen molar-refractivity contribution in [2.75, 3.05) is 10.6 Å². The molecule has 0 radical (unpaired) electrons. The van der Waals surface area contributed by atoms with E-state index in [9.17, 15) is 0 Å². The maximum absolute atomic E-state index is 6.08. The van der Waals surface area contributed by atoms with E-state index in [-0.39, 0.29) is 0 Å². The number of hydrogen-bond donors (Lipinski definition) is 2. The minimum absolute atomic E-state index is 0.507. The monoisotopic (exact) mass is 342 g/mol. The third-order valence-electron chi connectivity index (χ3n) is 4.78. The van der Waals surface area contributed by atoms with Gasteiger partial charge in [0.25, 0.3) is 0 Å². The van der Waals surface area contributed by atoms with Gasteiger partial charge < -0.3 is 10.6 Å². The maximum atomic E-state index is 6.08. The van der Waals surface area contributed by atoms with E-state index in [1.165, 1.54) is 44.9 Å². The molecule has 1 aromatic heterocycles. The number of nitrogens with one attached hydrogen (secondary N) is 2. The lowest BCUT2D eigenvalue weighted by molar-refractivity contribution is 0.460. The maximum Gasteiger partial charge on any atom is 0.225 e. The molecule has 24 heavy (non-hydrogen) atoms. The number of rotatable bonds is 5. The van der Waals surface area contributed by atoms with Crippen molar-refractivity contribution in [2.24, 2.45) is 0 Å². The summed E-state index contributed by atoms with van der Waals surface area (Å²) in [5.41, 5.74) is 2.10. The Morgan fingerprint density at radius 1 is 0.958 bits per heavy atom. The topological polar surface area (TPSA) is 49.8 Å². The van der Waals surface area contributed by atoms with Crippen LogP contribution in [0.3, 0.4) is 0 Å². The van der Waals surface area contributed by atoms with Crippen LogP contribution in [-0.2, 0) is 0 Å². The molecule has 0 aliphatic heterocycles. The first-order valence-electron chi connectivity index (χ1n) is 8.94. The van der Waals surface area contributed by atoms with Gasteiger partial charge in [0.15, 0.2) is 0 Å². The number of halogens is 1. The van der Waals surface area contributed by atoms with Gasteiger partial charge in [-0.25, -0.2) is 4.98 Å². The van der Waals surface area contributed by atoms with Crippen molar-refractivity contribution in [2.45, 2.75) is 56.9 Å². The van der Waals surface area contributed by atoms with Crippen LogP contribution in [0.25, 0.3) is 0 Å². The molecule has 2 aliphatic carbocycles. The molecule has 2 fully saturated rings. The predicted molar refractivity (Wildman–Crippen MR) is 99.2 cm³/mol. The molecule has 0 saturated heterocycles. The molecule has 0 atom stereocenters. The van der Waals surface area contributed by atoms with Gasteiger partial charge in [-0.1, -0.05) is 36.9 Å². The SMILES string of the molecule is Clc1cccc(Nc2cc(C3CC3)nc(NC3CCCCC3)n2)c1. The van der Waals surface area contributed by atoms with Crippen LogP contribution < -0.4 is 10.6 Å². The molecule has 2 aromatic rings. The first-order valence-corrected chi connectivity index (χ1v) is 9.32. The van der Waals surface area contributed by atoms with E-state index in [2.05, 4.69) is 21.7 Å². The van der Waals surface area contributed by atoms with E-state index >= 15 is 0 Å². The van der Waals surface area contributed by atoms with Gasteiger partial charge in [-0.2, -0.15) is 4.98 Å². The average molecular weight is 343 g/mol.